The summed E-state index contributed by atoms with van der Waals surface area (Å²) in [7, 11) is 0. The van der Waals surface area contributed by atoms with Crippen LogP contribution < -0.4 is 5.36 Å². The van der Waals surface area contributed by atoms with Crippen LogP contribution in [0, 0.1) is 0 Å². The van der Waals surface area contributed by atoms with E-state index in [4.69, 9.17) is 16.8 Å². The average molecular weight is 256 g/mol. The Bertz CT molecular complexity index is 812. The Kier molecular flexibility index (Phi) is 2.65. The molecule has 1 N–H and O–H groups in total. The van der Waals surface area contributed by atoms with Crippen molar-refractivity contribution in [1.82, 2.24) is 0 Å². The molecule has 3 aromatic carbocycles. The molecule has 0 bridgehead atoms. The first-order chi connectivity index (χ1) is 8.81. The van der Waals surface area contributed by atoms with Crippen LogP contribution in [-0.4, -0.2) is 5.21 Å². The number of hydrogen-bond acceptors (Lipinski definition) is 2. The van der Waals surface area contributed by atoms with Crippen LogP contribution in [0.1, 0.15) is 0 Å². The molecular weight excluding hydrogens is 246 g/mol. The molecule has 2 nitrogen and oxygen atoms in total. The summed E-state index contributed by atoms with van der Waals surface area (Å²) in [5.74, 6) is 0. The first-order valence-corrected chi connectivity index (χ1v) is 5.97. The standard InChI is InChI=1S/C15H10ClNO/c16-14-7-3-6-10-11-4-1-2-5-13(11)15(17-18)9-8-12(10)14/h1-9,18H. The number of rotatable bonds is 0. The average Bonchev–Trinajstić information content (AvgIpc) is 2.57. The van der Waals surface area contributed by atoms with E-state index in [2.05, 4.69) is 5.16 Å². The molecule has 0 aliphatic rings. The highest BCUT2D eigenvalue weighted by molar-refractivity contribution is 6.36. The summed E-state index contributed by atoms with van der Waals surface area (Å²) < 4.78 is 0. The Morgan fingerprint density at radius 2 is 1.39 bits per heavy atom. The number of hydrogen-bond donors (Lipinski definition) is 1. The Labute approximate surface area is 109 Å². The maximum absolute atomic E-state index is 9.11. The van der Waals surface area contributed by atoms with E-state index >= 15 is 0 Å². The van der Waals surface area contributed by atoms with E-state index < -0.39 is 0 Å². The van der Waals surface area contributed by atoms with Gasteiger partial charge in [-0.3, -0.25) is 0 Å². The van der Waals surface area contributed by atoms with E-state index in [1.807, 2.05) is 48.5 Å². The van der Waals surface area contributed by atoms with Crippen molar-refractivity contribution in [3.63, 3.8) is 0 Å². The van der Waals surface area contributed by atoms with Gasteiger partial charge in [-0.25, -0.2) is 0 Å². The molecule has 0 spiro atoms. The van der Waals surface area contributed by atoms with E-state index in [1.54, 1.807) is 6.07 Å². The minimum atomic E-state index is 0.540. The van der Waals surface area contributed by atoms with Gasteiger partial charge in [0.2, 0.25) is 0 Å². The van der Waals surface area contributed by atoms with E-state index in [9.17, 15) is 0 Å². The normalized spacial score (nSPS) is 12.2. The molecule has 0 atom stereocenters. The van der Waals surface area contributed by atoms with Crippen LogP contribution in [0.2, 0.25) is 5.02 Å². The predicted octanol–water partition coefficient (Wildman–Crippen LogP) is 3.94. The van der Waals surface area contributed by atoms with Crippen LogP contribution in [0.25, 0.3) is 21.5 Å². The van der Waals surface area contributed by atoms with Gasteiger partial charge in [0.25, 0.3) is 0 Å². The van der Waals surface area contributed by atoms with E-state index in [1.165, 1.54) is 0 Å². The zero-order valence-electron chi connectivity index (χ0n) is 9.47. The molecule has 0 aliphatic carbocycles. The van der Waals surface area contributed by atoms with Crippen molar-refractivity contribution in [2.45, 2.75) is 0 Å². The van der Waals surface area contributed by atoms with Gasteiger partial charge in [-0.05, 0) is 22.9 Å². The summed E-state index contributed by atoms with van der Waals surface area (Å²) in [6, 6.07) is 17.3. The van der Waals surface area contributed by atoms with E-state index in [0.29, 0.717) is 10.4 Å². The lowest BCUT2D eigenvalue weighted by atomic mass is 10.1. The molecule has 0 aliphatic heterocycles. The number of benzene rings is 2. The quantitative estimate of drug-likeness (QED) is 0.479. The molecule has 3 aromatic rings. The fourth-order valence-electron chi connectivity index (χ4n) is 2.22. The van der Waals surface area contributed by atoms with Crippen molar-refractivity contribution >= 4 is 33.1 Å². The molecule has 3 heteroatoms. The molecule has 0 unspecified atom stereocenters. The van der Waals surface area contributed by atoms with Crippen LogP contribution in [0.15, 0.2) is 59.8 Å². The van der Waals surface area contributed by atoms with Gasteiger partial charge in [0.05, 0.1) is 0 Å². The molecule has 0 heterocycles. The van der Waals surface area contributed by atoms with Crippen molar-refractivity contribution in [2.75, 3.05) is 0 Å². The Morgan fingerprint density at radius 1 is 0.722 bits per heavy atom. The Balaban J connectivity index is 2.73. The Morgan fingerprint density at radius 3 is 2.17 bits per heavy atom. The largest absolute Gasteiger partial charge is 0.410 e. The summed E-state index contributed by atoms with van der Waals surface area (Å²) in [5.41, 5.74) is 0. The van der Waals surface area contributed by atoms with Gasteiger partial charge in [0.15, 0.2) is 0 Å². The molecule has 0 radical (unpaired) electrons. The molecule has 0 amide bonds. The maximum atomic E-state index is 9.11. The fraction of sp³-hybridized carbons (Fsp3) is 0. The number of nitrogens with zero attached hydrogens (tertiary/aromatic N) is 1. The second kappa shape index (κ2) is 4.31. The van der Waals surface area contributed by atoms with Gasteiger partial charge < -0.3 is 5.21 Å². The van der Waals surface area contributed by atoms with Crippen LogP contribution in [0.3, 0.4) is 0 Å². The molecule has 0 saturated carbocycles. The maximum Gasteiger partial charge on any atom is 0.110 e. The van der Waals surface area contributed by atoms with Crippen LogP contribution in [0.5, 0.6) is 0 Å². The minimum absolute atomic E-state index is 0.540. The summed E-state index contributed by atoms with van der Waals surface area (Å²) in [5, 5.41) is 17.6. The third kappa shape index (κ3) is 1.62. The summed E-state index contributed by atoms with van der Waals surface area (Å²) in [6.07, 6.45) is 0. The topological polar surface area (TPSA) is 32.6 Å². The lowest BCUT2D eigenvalue weighted by molar-refractivity contribution is 0.303. The summed E-state index contributed by atoms with van der Waals surface area (Å²) >= 11 is 6.22. The first-order valence-electron chi connectivity index (χ1n) is 5.59. The molecule has 88 valence electrons. The third-order valence-corrected chi connectivity index (χ3v) is 3.39. The molecule has 18 heavy (non-hydrogen) atoms. The fourth-order valence-corrected chi connectivity index (χ4v) is 2.46. The zero-order valence-corrected chi connectivity index (χ0v) is 10.2. The molecule has 0 aromatic heterocycles. The number of halogens is 1. The second-order valence-electron chi connectivity index (χ2n) is 4.07. The SMILES string of the molecule is ON=c1ccc2c(Cl)cccc2c2ccccc12. The van der Waals surface area contributed by atoms with Gasteiger partial charge in [0.1, 0.15) is 5.36 Å². The van der Waals surface area contributed by atoms with Crippen molar-refractivity contribution in [1.29, 1.82) is 0 Å². The third-order valence-electron chi connectivity index (χ3n) is 3.06. The highest BCUT2D eigenvalue weighted by atomic mass is 35.5. The first kappa shape index (κ1) is 11.1. The molecule has 3 rings (SSSR count). The predicted molar refractivity (Wildman–Crippen MR) is 73.8 cm³/mol. The van der Waals surface area contributed by atoms with Crippen molar-refractivity contribution in [2.24, 2.45) is 5.16 Å². The lowest BCUT2D eigenvalue weighted by Crippen LogP contribution is -1.97. The molecule has 0 saturated heterocycles. The highest BCUT2D eigenvalue weighted by Crippen LogP contribution is 2.26. The second-order valence-corrected chi connectivity index (χ2v) is 4.47. The van der Waals surface area contributed by atoms with Gasteiger partial charge in [-0.1, -0.05) is 59.2 Å². The lowest BCUT2D eigenvalue weighted by Gasteiger charge is -1.99. The minimum Gasteiger partial charge on any atom is -0.410 e. The van der Waals surface area contributed by atoms with Gasteiger partial charge in [-0.2, -0.15) is 0 Å². The van der Waals surface area contributed by atoms with Crippen LogP contribution >= 0.6 is 11.6 Å². The van der Waals surface area contributed by atoms with E-state index in [0.717, 1.165) is 21.5 Å². The monoisotopic (exact) mass is 255 g/mol. The van der Waals surface area contributed by atoms with Gasteiger partial charge in [0, 0.05) is 15.8 Å². The van der Waals surface area contributed by atoms with Crippen molar-refractivity contribution in [3.05, 3.63) is 65.0 Å². The zero-order chi connectivity index (χ0) is 12.5. The van der Waals surface area contributed by atoms with Crippen molar-refractivity contribution in [3.8, 4) is 0 Å². The van der Waals surface area contributed by atoms with Gasteiger partial charge >= 0.3 is 0 Å². The Hall–Kier alpha value is -2.06. The molecule has 0 fully saturated rings. The van der Waals surface area contributed by atoms with Crippen molar-refractivity contribution < 1.29 is 5.21 Å². The van der Waals surface area contributed by atoms with Crippen LogP contribution in [0.4, 0.5) is 0 Å². The summed E-state index contributed by atoms with van der Waals surface area (Å²) in [6.45, 7) is 0. The van der Waals surface area contributed by atoms with Gasteiger partial charge in [-0.15, -0.1) is 0 Å². The van der Waals surface area contributed by atoms with Crippen LogP contribution in [-0.2, 0) is 0 Å². The smallest absolute Gasteiger partial charge is 0.110 e. The highest BCUT2D eigenvalue weighted by Gasteiger charge is 2.02. The molecular formula is C15H10ClNO. The van der Waals surface area contributed by atoms with E-state index in [-0.39, 0.29) is 0 Å². The summed E-state index contributed by atoms with van der Waals surface area (Å²) in [4.78, 5) is 0. The number of fused-ring (bicyclic) bond motifs is 3.